The van der Waals surface area contributed by atoms with E-state index in [9.17, 15) is 0 Å². The monoisotopic (exact) mass is 385 g/mol. The lowest BCUT2D eigenvalue weighted by atomic mass is 9.99. The fraction of sp³-hybridized carbons (Fsp3) is 0.200. The number of benzene rings is 2. The molecule has 98 valence electrons. The molecule has 0 fully saturated rings. The van der Waals surface area contributed by atoms with Gasteiger partial charge in [0.25, 0.3) is 0 Å². The van der Waals surface area contributed by atoms with Crippen LogP contribution in [0.4, 0.5) is 5.69 Å². The molecule has 0 amide bonds. The van der Waals surface area contributed by atoms with Crippen molar-refractivity contribution in [3.63, 3.8) is 0 Å². The Bertz CT molecular complexity index is 602. The first-order valence-electron chi connectivity index (χ1n) is 6.11. The lowest BCUT2D eigenvalue weighted by Gasteiger charge is -2.27. The molecule has 0 radical (unpaired) electrons. The fourth-order valence-electron chi connectivity index (χ4n) is 2.30. The van der Waals surface area contributed by atoms with Crippen LogP contribution in [0, 0.1) is 3.57 Å². The van der Waals surface area contributed by atoms with E-state index in [1.54, 1.807) is 0 Å². The summed E-state index contributed by atoms with van der Waals surface area (Å²) in [6, 6.07) is 14.5. The highest BCUT2D eigenvalue weighted by molar-refractivity contribution is 14.1. The van der Waals surface area contributed by atoms with E-state index in [2.05, 4.69) is 52.2 Å². The SMILES string of the molecule is Clc1ccc(NC2COCc3ccccc32)c(I)c1. The van der Waals surface area contributed by atoms with Gasteiger partial charge in [-0.2, -0.15) is 0 Å². The highest BCUT2D eigenvalue weighted by atomic mass is 127. The molecule has 3 rings (SSSR count). The zero-order valence-electron chi connectivity index (χ0n) is 10.2. The Morgan fingerprint density at radius 3 is 2.89 bits per heavy atom. The third-order valence-corrected chi connectivity index (χ3v) is 4.36. The normalized spacial score (nSPS) is 17.9. The van der Waals surface area contributed by atoms with Crippen molar-refractivity contribution in [2.24, 2.45) is 0 Å². The molecule has 2 aromatic rings. The minimum atomic E-state index is 0.194. The molecule has 1 heterocycles. The van der Waals surface area contributed by atoms with Crippen LogP contribution in [0.3, 0.4) is 0 Å². The van der Waals surface area contributed by atoms with Gasteiger partial charge < -0.3 is 10.1 Å². The first kappa shape index (κ1) is 13.2. The molecule has 1 unspecified atom stereocenters. The second kappa shape index (κ2) is 5.69. The van der Waals surface area contributed by atoms with Crippen LogP contribution in [0.15, 0.2) is 42.5 Å². The van der Waals surface area contributed by atoms with Crippen LogP contribution < -0.4 is 5.32 Å². The van der Waals surface area contributed by atoms with Gasteiger partial charge in [-0.15, -0.1) is 0 Å². The van der Waals surface area contributed by atoms with Crippen LogP contribution in [0.1, 0.15) is 17.2 Å². The lowest BCUT2D eigenvalue weighted by Crippen LogP contribution is -2.23. The Balaban J connectivity index is 1.88. The lowest BCUT2D eigenvalue weighted by molar-refractivity contribution is 0.0970. The number of hydrogen-bond acceptors (Lipinski definition) is 2. The Kier molecular flexibility index (Phi) is 3.96. The Hall–Kier alpha value is -0.780. The molecule has 0 spiro atoms. The number of hydrogen-bond donors (Lipinski definition) is 1. The van der Waals surface area contributed by atoms with Crippen molar-refractivity contribution >= 4 is 39.9 Å². The second-order valence-corrected chi connectivity index (χ2v) is 6.13. The predicted molar refractivity (Wildman–Crippen MR) is 86.6 cm³/mol. The highest BCUT2D eigenvalue weighted by Crippen LogP contribution is 2.30. The van der Waals surface area contributed by atoms with Gasteiger partial charge in [-0.05, 0) is 51.9 Å². The molecular weight excluding hydrogens is 373 g/mol. The van der Waals surface area contributed by atoms with Crippen molar-refractivity contribution < 1.29 is 4.74 Å². The second-order valence-electron chi connectivity index (χ2n) is 4.54. The van der Waals surface area contributed by atoms with E-state index in [1.807, 2.05) is 18.2 Å². The molecule has 0 saturated heterocycles. The number of rotatable bonds is 2. The molecule has 2 aromatic carbocycles. The number of ether oxygens (including phenoxy) is 1. The molecule has 0 aliphatic carbocycles. The van der Waals surface area contributed by atoms with Crippen LogP contribution in [0.25, 0.3) is 0 Å². The van der Waals surface area contributed by atoms with Crippen LogP contribution in [0.2, 0.25) is 5.02 Å². The predicted octanol–water partition coefficient (Wildman–Crippen LogP) is 4.63. The molecule has 1 atom stereocenters. The summed E-state index contributed by atoms with van der Waals surface area (Å²) in [7, 11) is 0. The zero-order chi connectivity index (χ0) is 13.2. The van der Waals surface area contributed by atoms with Crippen molar-refractivity contribution in [1.82, 2.24) is 0 Å². The summed E-state index contributed by atoms with van der Waals surface area (Å²) in [5.74, 6) is 0. The summed E-state index contributed by atoms with van der Waals surface area (Å²) in [6.07, 6.45) is 0. The van der Waals surface area contributed by atoms with E-state index in [0.29, 0.717) is 13.2 Å². The minimum Gasteiger partial charge on any atom is -0.375 e. The van der Waals surface area contributed by atoms with Crippen molar-refractivity contribution in [2.75, 3.05) is 11.9 Å². The van der Waals surface area contributed by atoms with Crippen LogP contribution in [-0.4, -0.2) is 6.61 Å². The van der Waals surface area contributed by atoms with Crippen molar-refractivity contribution in [1.29, 1.82) is 0 Å². The number of anilines is 1. The van der Waals surface area contributed by atoms with Crippen molar-refractivity contribution in [2.45, 2.75) is 12.6 Å². The first-order valence-corrected chi connectivity index (χ1v) is 7.57. The van der Waals surface area contributed by atoms with Gasteiger partial charge in [0.05, 0.1) is 19.3 Å². The van der Waals surface area contributed by atoms with Crippen LogP contribution in [0.5, 0.6) is 0 Å². The maximum absolute atomic E-state index is 5.98. The Labute approximate surface area is 131 Å². The Morgan fingerprint density at radius 1 is 1.21 bits per heavy atom. The summed E-state index contributed by atoms with van der Waals surface area (Å²) in [5.41, 5.74) is 3.67. The van der Waals surface area contributed by atoms with Gasteiger partial charge in [0, 0.05) is 14.3 Å². The van der Waals surface area contributed by atoms with Crippen molar-refractivity contribution in [3.8, 4) is 0 Å². The number of nitrogens with one attached hydrogen (secondary N) is 1. The average molecular weight is 386 g/mol. The number of fused-ring (bicyclic) bond motifs is 1. The molecule has 0 aromatic heterocycles. The van der Waals surface area contributed by atoms with E-state index in [4.69, 9.17) is 16.3 Å². The first-order chi connectivity index (χ1) is 9.24. The largest absolute Gasteiger partial charge is 0.375 e. The van der Waals surface area contributed by atoms with Gasteiger partial charge in [-0.1, -0.05) is 35.9 Å². The van der Waals surface area contributed by atoms with Gasteiger partial charge in [-0.25, -0.2) is 0 Å². The molecule has 0 saturated carbocycles. The van der Waals surface area contributed by atoms with Gasteiger partial charge in [0.1, 0.15) is 0 Å². The maximum Gasteiger partial charge on any atom is 0.0751 e. The quantitative estimate of drug-likeness (QED) is 0.761. The molecule has 0 bridgehead atoms. The summed E-state index contributed by atoms with van der Waals surface area (Å²) >= 11 is 8.28. The Morgan fingerprint density at radius 2 is 2.05 bits per heavy atom. The third-order valence-electron chi connectivity index (χ3n) is 3.23. The molecule has 1 aliphatic heterocycles. The van der Waals surface area contributed by atoms with Crippen LogP contribution >= 0.6 is 34.2 Å². The maximum atomic E-state index is 5.98. The molecule has 4 heteroatoms. The molecule has 19 heavy (non-hydrogen) atoms. The van der Waals surface area contributed by atoms with Gasteiger partial charge in [0.15, 0.2) is 0 Å². The standard InChI is InChI=1S/C15H13ClINO/c16-11-5-6-14(13(17)7-11)18-15-9-19-8-10-3-1-2-4-12(10)15/h1-7,15,18H,8-9H2. The van der Waals surface area contributed by atoms with E-state index in [1.165, 1.54) is 11.1 Å². The molecule has 2 nitrogen and oxygen atoms in total. The van der Waals surface area contributed by atoms with E-state index in [-0.39, 0.29) is 6.04 Å². The average Bonchev–Trinajstić information content (AvgIpc) is 2.42. The van der Waals surface area contributed by atoms with Gasteiger partial charge in [0.2, 0.25) is 0 Å². The van der Waals surface area contributed by atoms with Gasteiger partial charge >= 0.3 is 0 Å². The molecule has 1 N–H and O–H groups in total. The van der Waals surface area contributed by atoms with Crippen LogP contribution in [-0.2, 0) is 11.3 Å². The minimum absolute atomic E-state index is 0.194. The molecule has 1 aliphatic rings. The van der Waals surface area contributed by atoms with Crippen molar-refractivity contribution in [3.05, 3.63) is 62.2 Å². The highest BCUT2D eigenvalue weighted by Gasteiger charge is 2.20. The smallest absolute Gasteiger partial charge is 0.0751 e. The van der Waals surface area contributed by atoms with Gasteiger partial charge in [-0.3, -0.25) is 0 Å². The fourth-order valence-corrected chi connectivity index (χ4v) is 3.32. The summed E-state index contributed by atoms with van der Waals surface area (Å²) in [5, 5.41) is 4.30. The van der Waals surface area contributed by atoms with E-state index in [0.717, 1.165) is 14.3 Å². The summed E-state index contributed by atoms with van der Waals surface area (Å²) in [6.45, 7) is 1.39. The summed E-state index contributed by atoms with van der Waals surface area (Å²) in [4.78, 5) is 0. The topological polar surface area (TPSA) is 21.3 Å². The van der Waals surface area contributed by atoms with E-state index >= 15 is 0 Å². The third kappa shape index (κ3) is 2.88. The zero-order valence-corrected chi connectivity index (χ0v) is 13.1. The molecular formula is C15H13ClINO. The summed E-state index contributed by atoms with van der Waals surface area (Å²) < 4.78 is 6.77. The van der Waals surface area contributed by atoms with E-state index < -0.39 is 0 Å². The number of halogens is 2.